The van der Waals surface area contributed by atoms with Gasteiger partial charge in [0.1, 0.15) is 0 Å². The van der Waals surface area contributed by atoms with Crippen molar-refractivity contribution in [2.75, 3.05) is 6.26 Å². The molecule has 0 heterocycles. The molecule has 0 aliphatic heterocycles. The molecule has 0 radical (unpaired) electrons. The van der Waals surface area contributed by atoms with Crippen molar-refractivity contribution in [2.45, 2.75) is 17.9 Å². The van der Waals surface area contributed by atoms with Crippen LogP contribution in [0.25, 0.3) is 0 Å². The van der Waals surface area contributed by atoms with Crippen LogP contribution in [0.3, 0.4) is 0 Å². The van der Waals surface area contributed by atoms with Gasteiger partial charge in [-0.2, -0.15) is 0 Å². The lowest BCUT2D eigenvalue weighted by Gasteiger charge is -2.05. The largest absolute Gasteiger partial charge is 0.389 e. The molecule has 0 amide bonds. The summed E-state index contributed by atoms with van der Waals surface area (Å²) in [6, 6.07) is 6.32. The zero-order valence-electron chi connectivity index (χ0n) is 7.56. The van der Waals surface area contributed by atoms with Gasteiger partial charge in [-0.3, -0.25) is 0 Å². The average molecular weight is 200 g/mol. The summed E-state index contributed by atoms with van der Waals surface area (Å²) in [5, 5.41) is 9.22. The second-order valence-corrected chi connectivity index (χ2v) is 5.04. The number of benzene rings is 1. The van der Waals surface area contributed by atoms with Gasteiger partial charge in [0, 0.05) is 6.26 Å². The van der Waals surface area contributed by atoms with Crippen LogP contribution in [0.15, 0.2) is 29.2 Å². The van der Waals surface area contributed by atoms with Crippen LogP contribution in [-0.4, -0.2) is 19.8 Å². The minimum absolute atomic E-state index is 0.242. The van der Waals surface area contributed by atoms with E-state index in [2.05, 4.69) is 0 Å². The van der Waals surface area contributed by atoms with E-state index in [0.29, 0.717) is 5.56 Å². The third kappa shape index (κ3) is 2.54. The molecule has 0 fully saturated rings. The fourth-order valence-corrected chi connectivity index (χ4v) is 1.68. The summed E-state index contributed by atoms with van der Waals surface area (Å²) in [4.78, 5) is 0.242. The molecule has 1 rings (SSSR count). The maximum absolute atomic E-state index is 11.1. The molecule has 0 saturated carbocycles. The number of sulfone groups is 1. The van der Waals surface area contributed by atoms with Crippen molar-refractivity contribution < 1.29 is 13.5 Å². The van der Waals surface area contributed by atoms with Crippen LogP contribution in [-0.2, 0) is 9.84 Å². The monoisotopic (exact) mass is 200 g/mol. The van der Waals surface area contributed by atoms with Crippen molar-refractivity contribution in [2.24, 2.45) is 0 Å². The third-order valence-electron chi connectivity index (χ3n) is 1.77. The van der Waals surface area contributed by atoms with Crippen molar-refractivity contribution in [1.29, 1.82) is 0 Å². The van der Waals surface area contributed by atoms with Gasteiger partial charge in [-0.05, 0) is 24.6 Å². The number of aliphatic hydroxyl groups is 1. The topological polar surface area (TPSA) is 54.4 Å². The Morgan fingerprint density at radius 1 is 1.38 bits per heavy atom. The summed E-state index contributed by atoms with van der Waals surface area (Å²) in [5.74, 6) is 0. The van der Waals surface area contributed by atoms with E-state index < -0.39 is 15.9 Å². The summed E-state index contributed by atoms with van der Waals surface area (Å²) < 4.78 is 22.3. The Kier molecular flexibility index (Phi) is 2.73. The lowest BCUT2D eigenvalue weighted by atomic mass is 10.1. The molecule has 1 atom stereocenters. The second-order valence-electron chi connectivity index (χ2n) is 3.02. The van der Waals surface area contributed by atoms with Crippen LogP contribution < -0.4 is 0 Å². The van der Waals surface area contributed by atoms with E-state index >= 15 is 0 Å². The normalized spacial score (nSPS) is 14.1. The van der Waals surface area contributed by atoms with Crippen LogP contribution in [0, 0.1) is 0 Å². The van der Waals surface area contributed by atoms with E-state index in [1.165, 1.54) is 12.1 Å². The molecule has 3 nitrogen and oxygen atoms in total. The van der Waals surface area contributed by atoms with E-state index in [1.807, 2.05) is 0 Å². The molecule has 0 bridgehead atoms. The molecule has 0 aromatic heterocycles. The van der Waals surface area contributed by atoms with E-state index in [-0.39, 0.29) is 4.90 Å². The predicted molar refractivity (Wildman–Crippen MR) is 50.2 cm³/mol. The Morgan fingerprint density at radius 2 is 2.00 bits per heavy atom. The smallest absolute Gasteiger partial charge is 0.175 e. The number of rotatable bonds is 2. The average Bonchev–Trinajstić information content (AvgIpc) is 2.03. The van der Waals surface area contributed by atoms with Crippen molar-refractivity contribution in [3.63, 3.8) is 0 Å². The Morgan fingerprint density at radius 3 is 2.46 bits per heavy atom. The summed E-state index contributed by atoms with van der Waals surface area (Å²) in [6.07, 6.45) is 0.510. The highest BCUT2D eigenvalue weighted by molar-refractivity contribution is 7.90. The van der Waals surface area contributed by atoms with Crippen LogP contribution >= 0.6 is 0 Å². The van der Waals surface area contributed by atoms with Gasteiger partial charge < -0.3 is 5.11 Å². The van der Waals surface area contributed by atoms with E-state index in [4.69, 9.17) is 0 Å². The van der Waals surface area contributed by atoms with Gasteiger partial charge in [0.05, 0.1) is 11.0 Å². The van der Waals surface area contributed by atoms with Gasteiger partial charge in [0.2, 0.25) is 0 Å². The molecule has 1 aromatic carbocycles. The molecular formula is C9H12O3S. The molecule has 72 valence electrons. The van der Waals surface area contributed by atoms with E-state index in [9.17, 15) is 13.5 Å². The van der Waals surface area contributed by atoms with E-state index in [1.54, 1.807) is 19.1 Å². The molecule has 0 aliphatic rings. The molecule has 13 heavy (non-hydrogen) atoms. The maximum atomic E-state index is 11.1. The van der Waals surface area contributed by atoms with Crippen molar-refractivity contribution in [3.8, 4) is 0 Å². The zero-order valence-corrected chi connectivity index (χ0v) is 8.38. The first kappa shape index (κ1) is 10.2. The highest BCUT2D eigenvalue weighted by Gasteiger charge is 2.08. The molecular weight excluding hydrogens is 188 g/mol. The number of hydrogen-bond acceptors (Lipinski definition) is 3. The second kappa shape index (κ2) is 3.47. The summed E-state index contributed by atoms with van der Waals surface area (Å²) in [6.45, 7) is 1.60. The van der Waals surface area contributed by atoms with Crippen molar-refractivity contribution in [3.05, 3.63) is 29.8 Å². The van der Waals surface area contributed by atoms with Crippen molar-refractivity contribution >= 4 is 9.84 Å². The van der Waals surface area contributed by atoms with Gasteiger partial charge in [-0.1, -0.05) is 12.1 Å². The summed E-state index contributed by atoms with van der Waals surface area (Å²) >= 11 is 0. The quantitative estimate of drug-likeness (QED) is 0.779. The summed E-state index contributed by atoms with van der Waals surface area (Å²) in [5.41, 5.74) is 0.614. The van der Waals surface area contributed by atoms with Gasteiger partial charge in [-0.15, -0.1) is 0 Å². The maximum Gasteiger partial charge on any atom is 0.175 e. The standard InChI is InChI=1S/C9H12O3S/c1-7(10)8-4-3-5-9(6-8)13(2,11)12/h3-7,10H,1-2H3/t7-/m0/s1. The van der Waals surface area contributed by atoms with Gasteiger partial charge in [-0.25, -0.2) is 8.42 Å². The fourth-order valence-electron chi connectivity index (χ4n) is 1.01. The first-order chi connectivity index (χ1) is 5.91. The molecule has 0 spiro atoms. The zero-order chi connectivity index (χ0) is 10.1. The highest BCUT2D eigenvalue weighted by Crippen LogP contribution is 2.16. The summed E-state index contributed by atoms with van der Waals surface area (Å²) in [7, 11) is -3.17. The van der Waals surface area contributed by atoms with Gasteiger partial charge in [0.25, 0.3) is 0 Å². The van der Waals surface area contributed by atoms with E-state index in [0.717, 1.165) is 6.26 Å². The molecule has 1 aromatic rings. The fraction of sp³-hybridized carbons (Fsp3) is 0.333. The Bertz CT molecular complexity index is 393. The van der Waals surface area contributed by atoms with Crippen LogP contribution in [0.2, 0.25) is 0 Å². The Balaban J connectivity index is 3.21. The predicted octanol–water partition coefficient (Wildman–Crippen LogP) is 1.14. The number of hydrogen-bond donors (Lipinski definition) is 1. The van der Waals surface area contributed by atoms with Crippen LogP contribution in [0.1, 0.15) is 18.6 Å². The minimum atomic E-state index is -3.17. The third-order valence-corrected chi connectivity index (χ3v) is 2.88. The van der Waals surface area contributed by atoms with Gasteiger partial charge in [0.15, 0.2) is 9.84 Å². The lowest BCUT2D eigenvalue weighted by Crippen LogP contribution is -1.99. The van der Waals surface area contributed by atoms with Crippen molar-refractivity contribution in [1.82, 2.24) is 0 Å². The first-order valence-corrected chi connectivity index (χ1v) is 5.78. The molecule has 1 N–H and O–H groups in total. The van der Waals surface area contributed by atoms with Crippen LogP contribution in [0.5, 0.6) is 0 Å². The van der Waals surface area contributed by atoms with Crippen LogP contribution in [0.4, 0.5) is 0 Å². The molecule has 0 unspecified atom stereocenters. The minimum Gasteiger partial charge on any atom is -0.389 e. The molecule has 0 saturated heterocycles. The molecule has 0 aliphatic carbocycles. The van der Waals surface area contributed by atoms with Gasteiger partial charge >= 0.3 is 0 Å². The molecule has 4 heteroatoms. The SMILES string of the molecule is C[C@H](O)c1cccc(S(C)(=O)=O)c1. The Labute approximate surface area is 77.9 Å². The highest BCUT2D eigenvalue weighted by atomic mass is 32.2. The lowest BCUT2D eigenvalue weighted by molar-refractivity contribution is 0.199. The Hall–Kier alpha value is -0.870. The first-order valence-electron chi connectivity index (χ1n) is 3.89. The number of aliphatic hydroxyl groups excluding tert-OH is 1.